The van der Waals surface area contributed by atoms with Gasteiger partial charge in [0.15, 0.2) is 9.84 Å². The van der Waals surface area contributed by atoms with Crippen LogP contribution in [0, 0.1) is 12.3 Å². The molecule has 1 saturated heterocycles. The molecular formula is C21H25N5O5S. The lowest BCUT2D eigenvalue weighted by Crippen LogP contribution is -2.65. The minimum Gasteiger partial charge on any atom is -0.493 e. The molecule has 0 saturated carbocycles. The number of amides is 1. The van der Waals surface area contributed by atoms with Crippen LogP contribution in [0.2, 0.25) is 0 Å². The van der Waals surface area contributed by atoms with Crippen molar-refractivity contribution in [1.29, 1.82) is 5.41 Å². The number of ether oxygens (including phenoxy) is 2. The number of benzene rings is 1. The van der Waals surface area contributed by atoms with Gasteiger partial charge < -0.3 is 20.1 Å². The summed E-state index contributed by atoms with van der Waals surface area (Å²) in [5.41, 5.74) is 0.594. The van der Waals surface area contributed by atoms with Crippen LogP contribution < -0.4 is 20.1 Å². The number of methoxy groups -OCH3 is 1. The van der Waals surface area contributed by atoms with Gasteiger partial charge in [-0.25, -0.2) is 18.4 Å². The molecule has 2 aliphatic rings. The molecule has 10 nitrogen and oxygen atoms in total. The van der Waals surface area contributed by atoms with Gasteiger partial charge in [-0.1, -0.05) is 0 Å². The van der Waals surface area contributed by atoms with Gasteiger partial charge in [0.25, 0.3) is 5.91 Å². The summed E-state index contributed by atoms with van der Waals surface area (Å²) in [5.74, 6) is 0.134. The van der Waals surface area contributed by atoms with Crippen LogP contribution in [0.25, 0.3) is 0 Å². The van der Waals surface area contributed by atoms with Crippen molar-refractivity contribution < 1.29 is 22.7 Å². The number of carbonyl (C=O) groups is 1. The van der Waals surface area contributed by atoms with E-state index in [2.05, 4.69) is 20.6 Å². The van der Waals surface area contributed by atoms with Crippen molar-refractivity contribution >= 4 is 27.3 Å². The fourth-order valence-corrected chi connectivity index (χ4v) is 5.66. The number of hydrogen-bond acceptors (Lipinski definition) is 8. The first-order valence-corrected chi connectivity index (χ1v) is 11.7. The molecule has 0 aliphatic carbocycles. The van der Waals surface area contributed by atoms with E-state index in [-0.39, 0.29) is 17.3 Å². The fourth-order valence-electron chi connectivity index (χ4n) is 3.92. The second-order valence-corrected chi connectivity index (χ2v) is 11.0. The molecule has 4 rings (SSSR count). The Morgan fingerprint density at radius 2 is 2.09 bits per heavy atom. The van der Waals surface area contributed by atoms with Crippen LogP contribution in [0.15, 0.2) is 24.4 Å². The number of aromatic nitrogens is 2. The smallest absolute Gasteiger partial charge is 0.276 e. The number of carbonyl (C=O) groups excluding carboxylic acids is 1. The molecule has 170 valence electrons. The van der Waals surface area contributed by atoms with E-state index in [1.807, 2.05) is 0 Å². The van der Waals surface area contributed by atoms with Crippen molar-refractivity contribution in [2.24, 2.45) is 0 Å². The van der Waals surface area contributed by atoms with Crippen molar-refractivity contribution in [3.63, 3.8) is 0 Å². The molecular weight excluding hydrogens is 434 g/mol. The number of sulfone groups is 1. The molecule has 1 amide bonds. The van der Waals surface area contributed by atoms with Crippen LogP contribution in [0.4, 0.5) is 5.69 Å². The van der Waals surface area contributed by atoms with Crippen molar-refractivity contribution in [2.75, 3.05) is 24.8 Å². The summed E-state index contributed by atoms with van der Waals surface area (Å²) in [7, 11) is -2.15. The van der Waals surface area contributed by atoms with Gasteiger partial charge in [-0.3, -0.25) is 10.2 Å². The molecule has 2 aliphatic heterocycles. The Labute approximate surface area is 186 Å². The molecule has 0 bridgehead atoms. The Morgan fingerprint density at radius 1 is 1.34 bits per heavy atom. The van der Waals surface area contributed by atoms with Crippen LogP contribution in [-0.4, -0.2) is 54.3 Å². The lowest BCUT2D eigenvalue weighted by atomic mass is 9.84. The average molecular weight is 460 g/mol. The number of nitrogens with zero attached hydrogens (tertiary/aromatic N) is 2. The Bertz CT molecular complexity index is 1230. The lowest BCUT2D eigenvalue weighted by Gasteiger charge is -2.47. The van der Waals surface area contributed by atoms with E-state index < -0.39 is 26.0 Å². The van der Waals surface area contributed by atoms with E-state index in [9.17, 15) is 13.2 Å². The molecule has 32 heavy (non-hydrogen) atoms. The summed E-state index contributed by atoms with van der Waals surface area (Å²) in [6.07, 6.45) is 1.74. The molecule has 1 fully saturated rings. The van der Waals surface area contributed by atoms with Crippen LogP contribution in [-0.2, 0) is 15.4 Å². The standard InChI is InChI=1S/C21H25N5O5S/c1-12-17(23-10-16(24-12)30-4)18(27)25-13-5-6-15-14(9-13)21(7-8-31-15)11-32(28,29)20(2,3)19(22)26-21/h5-6,9-10H,7-8,11H2,1-4H3,(H2,22,26)(H,25,27)/t21-/m0/s1. The monoisotopic (exact) mass is 459 g/mol. The van der Waals surface area contributed by atoms with Gasteiger partial charge in [-0.05, 0) is 39.0 Å². The largest absolute Gasteiger partial charge is 0.493 e. The van der Waals surface area contributed by atoms with E-state index >= 15 is 0 Å². The summed E-state index contributed by atoms with van der Waals surface area (Å²) in [6, 6.07) is 5.05. The van der Waals surface area contributed by atoms with Gasteiger partial charge in [0, 0.05) is 17.7 Å². The van der Waals surface area contributed by atoms with Gasteiger partial charge >= 0.3 is 0 Å². The van der Waals surface area contributed by atoms with Crippen molar-refractivity contribution in [1.82, 2.24) is 15.3 Å². The molecule has 3 N–H and O–H groups in total. The minimum absolute atomic E-state index is 0.0600. The maximum Gasteiger partial charge on any atom is 0.276 e. The molecule has 2 aromatic rings. The highest BCUT2D eigenvalue weighted by molar-refractivity contribution is 7.93. The normalized spacial score (nSPS) is 22.9. The molecule has 1 spiro atoms. The van der Waals surface area contributed by atoms with Gasteiger partial charge in [-0.2, -0.15) is 0 Å². The van der Waals surface area contributed by atoms with E-state index in [1.165, 1.54) is 27.2 Å². The first-order chi connectivity index (χ1) is 15.0. The summed E-state index contributed by atoms with van der Waals surface area (Å²) < 4.78 is 35.5. The number of fused-ring (bicyclic) bond motifs is 2. The van der Waals surface area contributed by atoms with E-state index in [4.69, 9.17) is 14.9 Å². The fraction of sp³-hybridized carbons (Fsp3) is 0.429. The second kappa shape index (κ2) is 7.44. The molecule has 0 radical (unpaired) electrons. The molecule has 3 heterocycles. The Balaban J connectivity index is 1.68. The number of aryl methyl sites for hydroxylation is 1. The summed E-state index contributed by atoms with van der Waals surface area (Å²) in [6.45, 7) is 5.03. The lowest BCUT2D eigenvalue weighted by molar-refractivity contribution is 0.102. The van der Waals surface area contributed by atoms with E-state index in [0.717, 1.165) is 0 Å². The zero-order chi connectivity index (χ0) is 23.3. The second-order valence-electron chi connectivity index (χ2n) is 8.46. The zero-order valence-electron chi connectivity index (χ0n) is 18.3. The summed E-state index contributed by atoms with van der Waals surface area (Å²) in [4.78, 5) is 21.1. The molecule has 1 aromatic carbocycles. The van der Waals surface area contributed by atoms with Crippen LogP contribution >= 0.6 is 0 Å². The average Bonchev–Trinajstić information content (AvgIpc) is 2.72. The van der Waals surface area contributed by atoms with Crippen LogP contribution in [0.5, 0.6) is 11.6 Å². The molecule has 0 unspecified atom stereocenters. The topological polar surface area (TPSA) is 143 Å². The maximum absolute atomic E-state index is 13.0. The van der Waals surface area contributed by atoms with E-state index in [0.29, 0.717) is 41.6 Å². The molecule has 1 aromatic heterocycles. The van der Waals surface area contributed by atoms with Gasteiger partial charge in [-0.15, -0.1) is 0 Å². The number of rotatable bonds is 3. The number of amidine groups is 1. The van der Waals surface area contributed by atoms with Crippen molar-refractivity contribution in [3.05, 3.63) is 41.3 Å². The first kappa shape index (κ1) is 22.0. The first-order valence-electron chi connectivity index (χ1n) is 10.0. The highest BCUT2D eigenvalue weighted by Gasteiger charge is 2.54. The van der Waals surface area contributed by atoms with Gasteiger partial charge in [0.1, 0.15) is 22.0 Å². The minimum atomic E-state index is -3.61. The number of hydrogen-bond donors (Lipinski definition) is 3. The van der Waals surface area contributed by atoms with Gasteiger partial charge in [0.05, 0.1) is 36.9 Å². The predicted octanol–water partition coefficient (Wildman–Crippen LogP) is 1.80. The third-order valence-corrected chi connectivity index (χ3v) is 8.70. The number of nitrogens with one attached hydrogen (secondary N) is 3. The van der Waals surface area contributed by atoms with Crippen LogP contribution in [0.1, 0.15) is 42.0 Å². The number of anilines is 1. The highest BCUT2D eigenvalue weighted by Crippen LogP contribution is 2.43. The summed E-state index contributed by atoms with van der Waals surface area (Å²) >= 11 is 0. The van der Waals surface area contributed by atoms with Crippen molar-refractivity contribution in [3.8, 4) is 11.6 Å². The van der Waals surface area contributed by atoms with Crippen molar-refractivity contribution in [2.45, 2.75) is 37.5 Å². The molecule has 11 heteroatoms. The third-order valence-electron chi connectivity index (χ3n) is 6.07. The third kappa shape index (κ3) is 3.46. The quantitative estimate of drug-likeness (QED) is 0.630. The SMILES string of the molecule is COc1cnc(C(=O)Nc2ccc3c(c2)[C@]2(CCO3)CS(=O)(=O)C(C)(C)C(=N)N2)c(C)n1. The van der Waals surface area contributed by atoms with Gasteiger partial charge in [0.2, 0.25) is 5.88 Å². The Morgan fingerprint density at radius 3 is 2.75 bits per heavy atom. The maximum atomic E-state index is 13.0. The highest BCUT2D eigenvalue weighted by atomic mass is 32.2. The molecule has 1 atom stereocenters. The van der Waals surface area contributed by atoms with Crippen LogP contribution in [0.3, 0.4) is 0 Å². The Hall–Kier alpha value is -3.21. The Kier molecular flexibility index (Phi) is 5.11. The zero-order valence-corrected chi connectivity index (χ0v) is 19.1. The van der Waals surface area contributed by atoms with E-state index in [1.54, 1.807) is 25.1 Å². The summed E-state index contributed by atoms with van der Waals surface area (Å²) in [5, 5.41) is 14.3. The predicted molar refractivity (Wildman–Crippen MR) is 118 cm³/mol.